The molecule has 0 unspecified atom stereocenters. The number of carboxylic acid groups (broad SMARTS) is 1. The quantitative estimate of drug-likeness (QED) is 0.713. The van der Waals surface area contributed by atoms with Gasteiger partial charge in [0.2, 0.25) is 0 Å². The summed E-state index contributed by atoms with van der Waals surface area (Å²) in [6, 6.07) is 3.49. The van der Waals surface area contributed by atoms with Crippen molar-refractivity contribution in [3.05, 3.63) is 23.3 Å². The summed E-state index contributed by atoms with van der Waals surface area (Å²) < 4.78 is 0. The van der Waals surface area contributed by atoms with Gasteiger partial charge in [-0.2, -0.15) is 0 Å². The SMILES string of the molecule is Cc1cc(NCC(C)(C)C(C)C)cc(C(=O)O)c1N. The van der Waals surface area contributed by atoms with Gasteiger partial charge in [0.25, 0.3) is 0 Å². The van der Waals surface area contributed by atoms with E-state index in [0.29, 0.717) is 11.6 Å². The Morgan fingerprint density at radius 2 is 2.00 bits per heavy atom. The van der Waals surface area contributed by atoms with Gasteiger partial charge in [-0.1, -0.05) is 27.7 Å². The molecule has 4 N–H and O–H groups in total. The van der Waals surface area contributed by atoms with Crippen molar-refractivity contribution in [2.45, 2.75) is 34.6 Å². The molecule has 19 heavy (non-hydrogen) atoms. The Hall–Kier alpha value is -1.71. The maximum atomic E-state index is 11.1. The first-order chi connectivity index (χ1) is 8.65. The second-order valence-electron chi connectivity index (χ2n) is 6.06. The number of aryl methyl sites for hydroxylation is 1. The average molecular weight is 264 g/mol. The lowest BCUT2D eigenvalue weighted by Gasteiger charge is -2.30. The van der Waals surface area contributed by atoms with E-state index < -0.39 is 5.97 Å². The van der Waals surface area contributed by atoms with Crippen LogP contribution in [0.25, 0.3) is 0 Å². The first-order valence-electron chi connectivity index (χ1n) is 6.52. The van der Waals surface area contributed by atoms with E-state index in [-0.39, 0.29) is 11.0 Å². The molecule has 0 aliphatic carbocycles. The van der Waals surface area contributed by atoms with Gasteiger partial charge in [-0.05, 0) is 36.0 Å². The van der Waals surface area contributed by atoms with E-state index in [9.17, 15) is 4.79 Å². The third-order valence-corrected chi connectivity index (χ3v) is 3.93. The third kappa shape index (κ3) is 3.63. The predicted octanol–water partition coefficient (Wildman–Crippen LogP) is 3.37. The van der Waals surface area contributed by atoms with Crippen LogP contribution in [0.5, 0.6) is 0 Å². The molecule has 0 amide bonds. The lowest BCUT2D eigenvalue weighted by Crippen LogP contribution is -2.28. The molecule has 0 radical (unpaired) electrons. The Kier molecular flexibility index (Phi) is 4.45. The van der Waals surface area contributed by atoms with Gasteiger partial charge in [0.05, 0.1) is 5.56 Å². The number of carbonyl (C=O) groups is 1. The molecule has 1 aromatic rings. The van der Waals surface area contributed by atoms with E-state index in [1.165, 1.54) is 0 Å². The number of carboxylic acids is 1. The first-order valence-corrected chi connectivity index (χ1v) is 6.52. The topological polar surface area (TPSA) is 75.3 Å². The summed E-state index contributed by atoms with van der Waals surface area (Å²) in [6.07, 6.45) is 0. The molecule has 4 heteroatoms. The second kappa shape index (κ2) is 5.51. The molecule has 0 spiro atoms. The summed E-state index contributed by atoms with van der Waals surface area (Å²) in [5.74, 6) is -0.457. The smallest absolute Gasteiger partial charge is 0.337 e. The lowest BCUT2D eigenvalue weighted by atomic mass is 9.81. The standard InChI is InChI=1S/C15H24N2O2/c1-9(2)15(4,5)8-17-11-6-10(3)13(16)12(7-11)14(18)19/h6-7,9,17H,8,16H2,1-5H3,(H,18,19). The average Bonchev–Trinajstić information content (AvgIpc) is 2.30. The monoisotopic (exact) mass is 264 g/mol. The molecule has 106 valence electrons. The molecule has 4 nitrogen and oxygen atoms in total. The highest BCUT2D eigenvalue weighted by molar-refractivity contribution is 5.95. The Bertz CT molecular complexity index is 479. The van der Waals surface area contributed by atoms with E-state index >= 15 is 0 Å². The fourth-order valence-electron chi connectivity index (χ4n) is 1.61. The van der Waals surface area contributed by atoms with Gasteiger partial charge in [0.15, 0.2) is 0 Å². The van der Waals surface area contributed by atoms with E-state index in [1.807, 2.05) is 13.0 Å². The third-order valence-electron chi connectivity index (χ3n) is 3.93. The molecule has 1 aromatic carbocycles. The van der Waals surface area contributed by atoms with E-state index in [2.05, 4.69) is 33.0 Å². The highest BCUT2D eigenvalue weighted by Gasteiger charge is 2.22. The van der Waals surface area contributed by atoms with Crippen LogP contribution < -0.4 is 11.1 Å². The van der Waals surface area contributed by atoms with E-state index in [4.69, 9.17) is 10.8 Å². The number of nitrogens with one attached hydrogen (secondary N) is 1. The van der Waals surface area contributed by atoms with Gasteiger partial charge in [0.1, 0.15) is 0 Å². The summed E-state index contributed by atoms with van der Waals surface area (Å²) in [4.78, 5) is 11.1. The molecule has 1 rings (SSSR count). The number of nitrogen functional groups attached to an aromatic ring is 1. The molecular formula is C15H24N2O2. The summed E-state index contributed by atoms with van der Waals surface area (Å²) >= 11 is 0. The summed E-state index contributed by atoms with van der Waals surface area (Å²) in [6.45, 7) is 11.3. The van der Waals surface area contributed by atoms with Crippen molar-refractivity contribution >= 4 is 17.3 Å². The molecule has 0 saturated carbocycles. The molecule has 0 aliphatic rings. The molecule has 0 aromatic heterocycles. The number of hydrogen-bond donors (Lipinski definition) is 3. The fraction of sp³-hybridized carbons (Fsp3) is 0.533. The number of nitrogens with two attached hydrogens (primary N) is 1. The van der Waals surface area contributed by atoms with Crippen molar-refractivity contribution in [1.82, 2.24) is 0 Å². The molecule has 0 saturated heterocycles. The second-order valence-corrected chi connectivity index (χ2v) is 6.06. The Morgan fingerprint density at radius 3 is 2.47 bits per heavy atom. The summed E-state index contributed by atoms with van der Waals surface area (Å²) in [7, 11) is 0. The molecule has 0 heterocycles. The van der Waals surface area contributed by atoms with Crippen LogP contribution >= 0.6 is 0 Å². The van der Waals surface area contributed by atoms with Gasteiger partial charge in [0, 0.05) is 17.9 Å². The molecule has 0 aliphatic heterocycles. The first kappa shape index (κ1) is 15.3. The van der Waals surface area contributed by atoms with Crippen LogP contribution in [-0.4, -0.2) is 17.6 Å². The van der Waals surface area contributed by atoms with Crippen LogP contribution in [0.4, 0.5) is 11.4 Å². The molecule has 0 atom stereocenters. The Balaban J connectivity index is 2.95. The van der Waals surface area contributed by atoms with Crippen molar-refractivity contribution in [3.8, 4) is 0 Å². The van der Waals surface area contributed by atoms with Crippen LogP contribution in [0.3, 0.4) is 0 Å². The van der Waals surface area contributed by atoms with Crippen molar-refractivity contribution < 1.29 is 9.90 Å². The zero-order valence-corrected chi connectivity index (χ0v) is 12.4. The largest absolute Gasteiger partial charge is 0.478 e. The maximum absolute atomic E-state index is 11.1. The van der Waals surface area contributed by atoms with Gasteiger partial charge < -0.3 is 16.2 Å². The number of benzene rings is 1. The normalized spacial score (nSPS) is 11.7. The van der Waals surface area contributed by atoms with Crippen molar-refractivity contribution in [1.29, 1.82) is 0 Å². The fourth-order valence-corrected chi connectivity index (χ4v) is 1.61. The van der Waals surface area contributed by atoms with Gasteiger partial charge in [-0.25, -0.2) is 4.79 Å². The number of anilines is 2. The number of hydrogen-bond acceptors (Lipinski definition) is 3. The highest BCUT2D eigenvalue weighted by atomic mass is 16.4. The summed E-state index contributed by atoms with van der Waals surface area (Å²) in [5, 5.41) is 12.4. The number of rotatable bonds is 5. The predicted molar refractivity (Wildman–Crippen MR) is 79.7 cm³/mol. The van der Waals surface area contributed by atoms with Gasteiger partial charge in [-0.15, -0.1) is 0 Å². The summed E-state index contributed by atoms with van der Waals surface area (Å²) in [5.41, 5.74) is 7.99. The lowest BCUT2D eigenvalue weighted by molar-refractivity contribution is 0.0698. The van der Waals surface area contributed by atoms with Crippen LogP contribution in [0.15, 0.2) is 12.1 Å². The van der Waals surface area contributed by atoms with Crippen molar-refractivity contribution in [3.63, 3.8) is 0 Å². The van der Waals surface area contributed by atoms with Crippen LogP contribution in [0.2, 0.25) is 0 Å². The van der Waals surface area contributed by atoms with Crippen LogP contribution in [-0.2, 0) is 0 Å². The molecule has 0 bridgehead atoms. The minimum absolute atomic E-state index is 0.138. The van der Waals surface area contributed by atoms with Crippen LogP contribution in [0.1, 0.15) is 43.6 Å². The Labute approximate surface area is 115 Å². The maximum Gasteiger partial charge on any atom is 0.337 e. The van der Waals surface area contributed by atoms with E-state index in [0.717, 1.165) is 17.8 Å². The Morgan fingerprint density at radius 1 is 1.42 bits per heavy atom. The van der Waals surface area contributed by atoms with E-state index in [1.54, 1.807) is 6.07 Å². The molecular weight excluding hydrogens is 240 g/mol. The van der Waals surface area contributed by atoms with Crippen LogP contribution in [0, 0.1) is 18.3 Å². The highest BCUT2D eigenvalue weighted by Crippen LogP contribution is 2.28. The minimum Gasteiger partial charge on any atom is -0.478 e. The minimum atomic E-state index is -0.993. The van der Waals surface area contributed by atoms with Gasteiger partial charge >= 0.3 is 5.97 Å². The van der Waals surface area contributed by atoms with Crippen molar-refractivity contribution in [2.75, 3.05) is 17.6 Å². The zero-order chi connectivity index (χ0) is 14.8. The van der Waals surface area contributed by atoms with Gasteiger partial charge in [-0.3, -0.25) is 0 Å². The molecule has 0 fully saturated rings. The number of aromatic carboxylic acids is 1. The van der Waals surface area contributed by atoms with Crippen molar-refractivity contribution in [2.24, 2.45) is 11.3 Å². The zero-order valence-electron chi connectivity index (χ0n) is 12.4.